The van der Waals surface area contributed by atoms with E-state index in [4.69, 9.17) is 11.6 Å². The lowest BCUT2D eigenvalue weighted by Crippen LogP contribution is -2.48. The maximum absolute atomic E-state index is 13.4. The number of carbonyl (C=O) groups excluding carboxylic acids is 1. The zero-order valence-corrected chi connectivity index (χ0v) is 15.8. The van der Waals surface area contributed by atoms with E-state index in [1.807, 2.05) is 24.3 Å². The van der Waals surface area contributed by atoms with Gasteiger partial charge in [-0.2, -0.15) is 0 Å². The lowest BCUT2D eigenvalue weighted by molar-refractivity contribution is 0.0628. The Kier molecular flexibility index (Phi) is 5.36. The molecule has 2 aromatic carbocycles. The number of hydrogen-bond donors (Lipinski definition) is 1. The second-order valence-corrected chi connectivity index (χ2v) is 7.08. The predicted molar refractivity (Wildman–Crippen MR) is 104 cm³/mol. The summed E-state index contributed by atoms with van der Waals surface area (Å²) in [6.07, 6.45) is 1.60. The van der Waals surface area contributed by atoms with E-state index in [0.717, 1.165) is 11.1 Å². The molecular formula is C20H19ClFN5O. The fraction of sp³-hybridized carbons (Fsp3) is 0.250. The Morgan fingerprint density at radius 2 is 2.11 bits per heavy atom. The van der Waals surface area contributed by atoms with E-state index in [0.29, 0.717) is 31.2 Å². The molecule has 0 bridgehead atoms. The van der Waals surface area contributed by atoms with Gasteiger partial charge >= 0.3 is 0 Å². The summed E-state index contributed by atoms with van der Waals surface area (Å²) in [6.45, 7) is 2.20. The van der Waals surface area contributed by atoms with Gasteiger partial charge in [-0.3, -0.25) is 4.79 Å². The van der Waals surface area contributed by atoms with Gasteiger partial charge in [0.25, 0.3) is 5.91 Å². The number of carbonyl (C=O) groups is 1. The van der Waals surface area contributed by atoms with E-state index in [-0.39, 0.29) is 23.5 Å². The summed E-state index contributed by atoms with van der Waals surface area (Å²) >= 11 is 6.35. The van der Waals surface area contributed by atoms with Crippen molar-refractivity contribution in [1.29, 1.82) is 0 Å². The standard InChI is InChI=1S/C20H19ClFN5O/c21-17-7-2-1-6-16(17)19-11-23-8-9-27(19)20(28)18-13-26(25-24-18)12-14-4-3-5-15(22)10-14/h1-7,10,13,19,23H,8-9,11-12H2. The number of halogens is 2. The molecule has 1 unspecified atom stereocenters. The largest absolute Gasteiger partial charge is 0.328 e. The van der Waals surface area contributed by atoms with Gasteiger partial charge in [0.15, 0.2) is 5.69 Å². The van der Waals surface area contributed by atoms with Crippen molar-refractivity contribution in [3.63, 3.8) is 0 Å². The van der Waals surface area contributed by atoms with Crippen LogP contribution in [0, 0.1) is 5.82 Å². The van der Waals surface area contributed by atoms with E-state index < -0.39 is 0 Å². The topological polar surface area (TPSA) is 63.1 Å². The summed E-state index contributed by atoms with van der Waals surface area (Å²) in [5.74, 6) is -0.505. The van der Waals surface area contributed by atoms with E-state index in [9.17, 15) is 9.18 Å². The molecule has 0 saturated carbocycles. The van der Waals surface area contributed by atoms with Crippen molar-refractivity contribution in [2.75, 3.05) is 19.6 Å². The Hall–Kier alpha value is -2.77. The summed E-state index contributed by atoms with van der Waals surface area (Å²) in [6, 6.07) is 13.6. The van der Waals surface area contributed by atoms with Crippen molar-refractivity contribution in [2.45, 2.75) is 12.6 Å². The second-order valence-electron chi connectivity index (χ2n) is 6.67. The third-order valence-corrected chi connectivity index (χ3v) is 5.10. The van der Waals surface area contributed by atoms with Crippen LogP contribution < -0.4 is 5.32 Å². The average Bonchev–Trinajstić information content (AvgIpc) is 3.16. The Balaban J connectivity index is 1.54. The first-order valence-corrected chi connectivity index (χ1v) is 9.40. The molecule has 1 amide bonds. The molecule has 1 atom stereocenters. The molecule has 8 heteroatoms. The highest BCUT2D eigenvalue weighted by atomic mass is 35.5. The first-order valence-electron chi connectivity index (χ1n) is 9.02. The number of amides is 1. The molecule has 6 nitrogen and oxygen atoms in total. The molecule has 0 aliphatic carbocycles. The first kappa shape index (κ1) is 18.6. The molecule has 1 aliphatic heterocycles. The highest BCUT2D eigenvalue weighted by molar-refractivity contribution is 6.31. The number of nitrogens with one attached hydrogen (secondary N) is 1. The van der Waals surface area contributed by atoms with Crippen molar-refractivity contribution in [3.8, 4) is 0 Å². The van der Waals surface area contributed by atoms with Crippen molar-refractivity contribution in [2.24, 2.45) is 0 Å². The van der Waals surface area contributed by atoms with Crippen molar-refractivity contribution < 1.29 is 9.18 Å². The molecule has 1 saturated heterocycles. The van der Waals surface area contributed by atoms with Crippen LogP contribution in [0.25, 0.3) is 0 Å². The van der Waals surface area contributed by atoms with Crippen molar-refractivity contribution in [1.82, 2.24) is 25.2 Å². The molecular weight excluding hydrogens is 381 g/mol. The van der Waals surface area contributed by atoms with Crippen LogP contribution in [0.5, 0.6) is 0 Å². The molecule has 0 radical (unpaired) electrons. The molecule has 2 heterocycles. The molecule has 0 spiro atoms. The van der Waals surface area contributed by atoms with E-state index in [1.54, 1.807) is 23.2 Å². The van der Waals surface area contributed by atoms with Crippen LogP contribution in [0.2, 0.25) is 5.02 Å². The normalized spacial score (nSPS) is 16.9. The van der Waals surface area contributed by atoms with Gasteiger partial charge in [0.1, 0.15) is 5.82 Å². The molecule has 3 aromatic rings. The second kappa shape index (κ2) is 8.08. The van der Waals surface area contributed by atoms with Gasteiger partial charge in [0.05, 0.1) is 18.8 Å². The number of nitrogens with zero attached hydrogens (tertiary/aromatic N) is 4. The van der Waals surface area contributed by atoms with Gasteiger partial charge in [0.2, 0.25) is 0 Å². The number of benzene rings is 2. The quantitative estimate of drug-likeness (QED) is 0.732. The lowest BCUT2D eigenvalue weighted by atomic mass is 10.0. The van der Waals surface area contributed by atoms with Crippen LogP contribution in [0.1, 0.15) is 27.7 Å². The Bertz CT molecular complexity index is 992. The fourth-order valence-electron chi connectivity index (χ4n) is 3.41. The number of hydrogen-bond acceptors (Lipinski definition) is 4. The first-order chi connectivity index (χ1) is 13.6. The van der Waals surface area contributed by atoms with E-state index in [2.05, 4.69) is 15.6 Å². The molecule has 1 aromatic heterocycles. The SMILES string of the molecule is O=C(c1cn(Cc2cccc(F)c2)nn1)N1CCNCC1c1ccccc1Cl. The van der Waals surface area contributed by atoms with Crippen molar-refractivity contribution in [3.05, 3.63) is 82.4 Å². The maximum Gasteiger partial charge on any atom is 0.276 e. The van der Waals surface area contributed by atoms with Gasteiger partial charge in [-0.15, -0.1) is 5.10 Å². The van der Waals surface area contributed by atoms with E-state index in [1.165, 1.54) is 16.8 Å². The number of piperazine rings is 1. The fourth-order valence-corrected chi connectivity index (χ4v) is 3.68. The molecule has 4 rings (SSSR count). The molecule has 1 N–H and O–H groups in total. The minimum atomic E-state index is -0.308. The third-order valence-electron chi connectivity index (χ3n) is 4.76. The third kappa shape index (κ3) is 3.90. The van der Waals surface area contributed by atoms with Crippen LogP contribution in [-0.4, -0.2) is 45.4 Å². The monoisotopic (exact) mass is 399 g/mol. The summed E-state index contributed by atoms with van der Waals surface area (Å²) < 4.78 is 14.9. The predicted octanol–water partition coefficient (Wildman–Crippen LogP) is 2.91. The van der Waals surface area contributed by atoms with Gasteiger partial charge in [-0.1, -0.05) is 47.1 Å². The molecule has 1 aliphatic rings. The average molecular weight is 400 g/mol. The van der Waals surface area contributed by atoms with E-state index >= 15 is 0 Å². The lowest BCUT2D eigenvalue weighted by Gasteiger charge is -2.36. The Labute approximate surface area is 166 Å². The zero-order valence-electron chi connectivity index (χ0n) is 15.1. The van der Waals surface area contributed by atoms with Gasteiger partial charge in [-0.25, -0.2) is 9.07 Å². The highest BCUT2D eigenvalue weighted by Gasteiger charge is 2.31. The summed E-state index contributed by atoms with van der Waals surface area (Å²) in [5.41, 5.74) is 1.91. The Morgan fingerprint density at radius 1 is 1.25 bits per heavy atom. The smallest absolute Gasteiger partial charge is 0.276 e. The summed E-state index contributed by atoms with van der Waals surface area (Å²) in [5, 5.41) is 12.0. The van der Waals surface area contributed by atoms with Gasteiger partial charge in [-0.05, 0) is 29.3 Å². The molecule has 28 heavy (non-hydrogen) atoms. The molecule has 1 fully saturated rings. The summed E-state index contributed by atoms with van der Waals surface area (Å²) in [7, 11) is 0. The summed E-state index contributed by atoms with van der Waals surface area (Å²) in [4.78, 5) is 14.9. The zero-order chi connectivity index (χ0) is 19.5. The Morgan fingerprint density at radius 3 is 2.93 bits per heavy atom. The molecule has 144 valence electrons. The van der Waals surface area contributed by atoms with Crippen LogP contribution in [0.4, 0.5) is 4.39 Å². The van der Waals surface area contributed by atoms with Gasteiger partial charge < -0.3 is 10.2 Å². The van der Waals surface area contributed by atoms with Crippen LogP contribution in [-0.2, 0) is 6.54 Å². The van der Waals surface area contributed by atoms with Crippen LogP contribution in [0.3, 0.4) is 0 Å². The minimum absolute atomic E-state index is 0.177. The maximum atomic E-state index is 13.4. The number of aromatic nitrogens is 3. The van der Waals surface area contributed by atoms with Crippen molar-refractivity contribution >= 4 is 17.5 Å². The van der Waals surface area contributed by atoms with Gasteiger partial charge in [0, 0.05) is 24.7 Å². The number of rotatable bonds is 4. The van der Waals surface area contributed by atoms with Crippen LogP contribution in [0.15, 0.2) is 54.7 Å². The van der Waals surface area contributed by atoms with Crippen LogP contribution >= 0.6 is 11.6 Å². The minimum Gasteiger partial charge on any atom is -0.328 e. The highest BCUT2D eigenvalue weighted by Crippen LogP contribution is 2.29.